The van der Waals surface area contributed by atoms with E-state index in [0.717, 1.165) is 25.0 Å². The third-order valence-corrected chi connectivity index (χ3v) is 3.04. The molecule has 120 valence electrons. The lowest BCUT2D eigenvalue weighted by Crippen LogP contribution is -2.07. The van der Waals surface area contributed by atoms with Gasteiger partial charge in [0.2, 0.25) is 0 Å². The molecule has 5 nitrogen and oxygen atoms in total. The molecule has 0 unspecified atom stereocenters. The molecule has 0 atom stereocenters. The lowest BCUT2D eigenvalue weighted by atomic mass is 10.3. The van der Waals surface area contributed by atoms with Gasteiger partial charge in [-0.3, -0.25) is 4.98 Å². The van der Waals surface area contributed by atoms with Crippen LogP contribution in [0.15, 0.2) is 18.3 Å². The number of benzene rings is 1. The SMILES string of the molecule is COCCOCCCCNc1cnc2cc(F)c(F)cc2n1. The monoisotopic (exact) mass is 311 g/mol. The van der Waals surface area contributed by atoms with E-state index in [0.29, 0.717) is 43.2 Å². The molecule has 0 aliphatic heterocycles. The zero-order valence-corrected chi connectivity index (χ0v) is 12.4. The molecule has 7 heteroatoms. The van der Waals surface area contributed by atoms with Crippen molar-refractivity contribution in [3.05, 3.63) is 30.0 Å². The van der Waals surface area contributed by atoms with Crippen molar-refractivity contribution >= 4 is 16.9 Å². The largest absolute Gasteiger partial charge is 0.382 e. The highest BCUT2D eigenvalue weighted by Crippen LogP contribution is 2.16. The van der Waals surface area contributed by atoms with Crippen molar-refractivity contribution in [2.24, 2.45) is 0 Å². The summed E-state index contributed by atoms with van der Waals surface area (Å²) in [5.74, 6) is -1.30. The smallest absolute Gasteiger partial charge is 0.161 e. The predicted molar refractivity (Wildman–Crippen MR) is 79.9 cm³/mol. The van der Waals surface area contributed by atoms with E-state index in [4.69, 9.17) is 9.47 Å². The van der Waals surface area contributed by atoms with Crippen LogP contribution in [0.5, 0.6) is 0 Å². The zero-order chi connectivity index (χ0) is 15.8. The molecule has 0 aliphatic carbocycles. The average molecular weight is 311 g/mol. The number of nitrogens with zero attached hydrogens (tertiary/aromatic N) is 2. The fraction of sp³-hybridized carbons (Fsp3) is 0.467. The average Bonchev–Trinajstić information content (AvgIpc) is 2.51. The first-order valence-electron chi connectivity index (χ1n) is 7.13. The molecule has 0 spiro atoms. The molecule has 0 saturated carbocycles. The van der Waals surface area contributed by atoms with Crippen LogP contribution in [-0.4, -0.2) is 43.4 Å². The molecule has 22 heavy (non-hydrogen) atoms. The summed E-state index contributed by atoms with van der Waals surface area (Å²) in [5, 5.41) is 3.10. The van der Waals surface area contributed by atoms with Gasteiger partial charge in [0.05, 0.1) is 30.4 Å². The van der Waals surface area contributed by atoms with Gasteiger partial charge in [-0.15, -0.1) is 0 Å². The van der Waals surface area contributed by atoms with Crippen LogP contribution in [0, 0.1) is 11.6 Å². The van der Waals surface area contributed by atoms with Crippen molar-refractivity contribution in [2.45, 2.75) is 12.8 Å². The van der Waals surface area contributed by atoms with Gasteiger partial charge < -0.3 is 14.8 Å². The summed E-state index contributed by atoms with van der Waals surface area (Å²) in [6, 6.07) is 2.09. The van der Waals surface area contributed by atoms with Crippen molar-refractivity contribution in [2.75, 3.05) is 38.8 Å². The topological polar surface area (TPSA) is 56.3 Å². The molecule has 0 radical (unpaired) electrons. The molecular formula is C15H19F2N3O2. The van der Waals surface area contributed by atoms with Crippen LogP contribution in [0.4, 0.5) is 14.6 Å². The van der Waals surface area contributed by atoms with Gasteiger partial charge >= 0.3 is 0 Å². The highest BCUT2D eigenvalue weighted by molar-refractivity contribution is 5.75. The van der Waals surface area contributed by atoms with Gasteiger partial charge in [-0.25, -0.2) is 13.8 Å². The van der Waals surface area contributed by atoms with Gasteiger partial charge in [0.1, 0.15) is 5.82 Å². The molecule has 0 saturated heterocycles. The summed E-state index contributed by atoms with van der Waals surface area (Å²) in [5.41, 5.74) is 0.655. The third-order valence-electron chi connectivity index (χ3n) is 3.04. The van der Waals surface area contributed by atoms with Crippen LogP contribution in [-0.2, 0) is 9.47 Å². The Labute approximate surface area is 127 Å². The Morgan fingerprint density at radius 1 is 1.05 bits per heavy atom. The highest BCUT2D eigenvalue weighted by Gasteiger charge is 2.06. The van der Waals surface area contributed by atoms with Crippen LogP contribution in [0.2, 0.25) is 0 Å². The number of hydrogen-bond donors (Lipinski definition) is 1. The zero-order valence-electron chi connectivity index (χ0n) is 12.4. The predicted octanol–water partition coefficient (Wildman–Crippen LogP) is 2.76. The fourth-order valence-corrected chi connectivity index (χ4v) is 1.88. The normalized spacial score (nSPS) is 11.0. The minimum atomic E-state index is -0.924. The summed E-state index contributed by atoms with van der Waals surface area (Å²) in [4.78, 5) is 8.27. The Morgan fingerprint density at radius 2 is 1.82 bits per heavy atom. The van der Waals surface area contributed by atoms with Crippen molar-refractivity contribution in [3.63, 3.8) is 0 Å². The maximum atomic E-state index is 13.2. The first kappa shape index (κ1) is 16.5. The van der Waals surface area contributed by atoms with E-state index < -0.39 is 11.6 Å². The summed E-state index contributed by atoms with van der Waals surface area (Å²) in [6.45, 7) is 2.58. The summed E-state index contributed by atoms with van der Waals surface area (Å²) < 4.78 is 36.5. The van der Waals surface area contributed by atoms with E-state index in [1.165, 1.54) is 6.20 Å². The highest BCUT2D eigenvalue weighted by atomic mass is 19.2. The number of aromatic nitrogens is 2. The number of nitrogens with one attached hydrogen (secondary N) is 1. The molecule has 0 amide bonds. The Kier molecular flexibility index (Phi) is 6.42. The van der Waals surface area contributed by atoms with E-state index in [9.17, 15) is 8.78 Å². The van der Waals surface area contributed by atoms with Crippen molar-refractivity contribution in [1.29, 1.82) is 0 Å². The lowest BCUT2D eigenvalue weighted by Gasteiger charge is -2.07. The van der Waals surface area contributed by atoms with Crippen LogP contribution >= 0.6 is 0 Å². The Balaban J connectivity index is 1.76. The Morgan fingerprint density at radius 3 is 2.59 bits per heavy atom. The number of rotatable bonds is 9. The van der Waals surface area contributed by atoms with Crippen LogP contribution < -0.4 is 5.32 Å². The fourth-order valence-electron chi connectivity index (χ4n) is 1.88. The number of halogens is 2. The van der Waals surface area contributed by atoms with E-state index in [1.54, 1.807) is 7.11 Å². The van der Waals surface area contributed by atoms with Gasteiger partial charge in [0.25, 0.3) is 0 Å². The van der Waals surface area contributed by atoms with Crippen molar-refractivity contribution < 1.29 is 18.3 Å². The first-order chi connectivity index (χ1) is 10.7. The third kappa shape index (κ3) is 4.85. The van der Waals surface area contributed by atoms with Gasteiger partial charge in [-0.1, -0.05) is 0 Å². The summed E-state index contributed by atoms with van der Waals surface area (Å²) in [7, 11) is 1.64. The van der Waals surface area contributed by atoms with Crippen molar-refractivity contribution in [1.82, 2.24) is 9.97 Å². The minimum absolute atomic E-state index is 0.326. The number of unbranched alkanes of at least 4 members (excludes halogenated alkanes) is 1. The molecule has 1 aromatic heterocycles. The Hall–Kier alpha value is -1.86. The maximum Gasteiger partial charge on any atom is 0.161 e. The number of hydrogen-bond acceptors (Lipinski definition) is 5. The van der Waals surface area contributed by atoms with Gasteiger partial charge in [-0.2, -0.15) is 0 Å². The summed E-state index contributed by atoms with van der Waals surface area (Å²) in [6.07, 6.45) is 3.33. The van der Waals surface area contributed by atoms with E-state index in [1.807, 2.05) is 0 Å². The molecular weight excluding hydrogens is 292 g/mol. The van der Waals surface area contributed by atoms with E-state index in [-0.39, 0.29) is 0 Å². The number of ether oxygens (including phenoxy) is 2. The van der Waals surface area contributed by atoms with Crippen LogP contribution in [0.3, 0.4) is 0 Å². The molecule has 0 aliphatic rings. The number of fused-ring (bicyclic) bond motifs is 1. The van der Waals surface area contributed by atoms with E-state index in [2.05, 4.69) is 15.3 Å². The molecule has 0 bridgehead atoms. The molecule has 0 fully saturated rings. The standard InChI is InChI=1S/C15H19F2N3O2/c1-21-6-7-22-5-3-2-4-18-15-10-19-13-8-11(16)12(17)9-14(13)20-15/h8-10H,2-7H2,1H3,(H,18,20). The van der Waals surface area contributed by atoms with Gasteiger partial charge in [0, 0.05) is 32.4 Å². The van der Waals surface area contributed by atoms with Crippen LogP contribution in [0.25, 0.3) is 11.0 Å². The van der Waals surface area contributed by atoms with Crippen LogP contribution in [0.1, 0.15) is 12.8 Å². The molecule has 2 rings (SSSR count). The minimum Gasteiger partial charge on any atom is -0.382 e. The number of methoxy groups -OCH3 is 1. The second kappa shape index (κ2) is 8.55. The number of anilines is 1. The lowest BCUT2D eigenvalue weighted by molar-refractivity contribution is 0.0691. The molecule has 1 heterocycles. The molecule has 2 aromatic rings. The molecule has 1 aromatic carbocycles. The second-order valence-corrected chi connectivity index (χ2v) is 4.75. The molecule has 1 N–H and O–H groups in total. The quantitative estimate of drug-likeness (QED) is 0.722. The van der Waals surface area contributed by atoms with Crippen molar-refractivity contribution in [3.8, 4) is 0 Å². The van der Waals surface area contributed by atoms with Gasteiger partial charge in [-0.05, 0) is 12.8 Å². The van der Waals surface area contributed by atoms with Gasteiger partial charge in [0.15, 0.2) is 11.6 Å². The first-order valence-corrected chi connectivity index (χ1v) is 7.13. The van der Waals surface area contributed by atoms with E-state index >= 15 is 0 Å². The maximum absolute atomic E-state index is 13.2. The Bertz CT molecular complexity index is 611. The summed E-state index contributed by atoms with van der Waals surface area (Å²) >= 11 is 0. The second-order valence-electron chi connectivity index (χ2n) is 4.75.